The van der Waals surface area contributed by atoms with Crippen LogP contribution in [0.25, 0.3) is 0 Å². The zero-order chi connectivity index (χ0) is 0. The summed E-state index contributed by atoms with van der Waals surface area (Å²) < 4.78 is 0. The van der Waals surface area contributed by atoms with Gasteiger partial charge in [-0.1, -0.05) is 0 Å². The maximum atomic E-state index is 0. The Morgan fingerprint density at radius 2 is 0.500 bits per heavy atom. The first-order valence-corrected chi connectivity index (χ1v) is 0. The Labute approximate surface area is 77.5 Å². The summed E-state index contributed by atoms with van der Waals surface area (Å²) in [6.07, 6.45) is 0. The van der Waals surface area contributed by atoms with Crippen LogP contribution in [0.5, 0.6) is 0 Å². The van der Waals surface area contributed by atoms with Gasteiger partial charge in [0.25, 0.3) is 0 Å². The van der Waals surface area contributed by atoms with Crippen LogP contribution in [-0.2, 0) is 61.2 Å². The zero-order valence-corrected chi connectivity index (χ0v) is 7.37. The molecule has 0 radical (unpaired) electrons. The van der Waals surface area contributed by atoms with Crippen LogP contribution < -0.4 is 0 Å². The van der Waals surface area contributed by atoms with Crippen LogP contribution in [-0.4, -0.2) is 16.4 Å². The number of hydrogen-bond acceptors (Lipinski definition) is 3. The van der Waals surface area contributed by atoms with Crippen molar-refractivity contribution in [3.8, 4) is 0 Å². The molecule has 0 fully saturated rings. The third-order valence-corrected chi connectivity index (χ3v) is 0. The van der Waals surface area contributed by atoms with Crippen LogP contribution in [0, 0.1) is 0 Å². The molecule has 0 saturated heterocycles. The van der Waals surface area contributed by atoms with Gasteiger partial charge >= 0.3 is 44.8 Å². The van der Waals surface area contributed by atoms with E-state index < -0.39 is 0 Å². The largest absolute Gasteiger partial charge is 5.00 e. The van der Waals surface area contributed by atoms with E-state index in [1.165, 1.54) is 0 Å². The average Bonchev–Trinajstić information content (AvgIpc) is 0. The molecule has 0 rings (SSSR count). The fourth-order valence-corrected chi connectivity index (χ4v) is 0. The van der Waals surface area contributed by atoms with Crippen molar-refractivity contribution in [1.82, 2.24) is 0 Å². The van der Waals surface area contributed by atoms with Crippen LogP contribution in [0.4, 0.5) is 0 Å². The minimum atomic E-state index is 0. The van der Waals surface area contributed by atoms with E-state index in [2.05, 4.69) is 0 Å². The molecule has 3 N–H and O–H groups in total. The fourth-order valence-electron chi connectivity index (χ4n) is 0. The van der Waals surface area contributed by atoms with E-state index in [0.717, 1.165) is 0 Å². The Morgan fingerprint density at radius 3 is 0.500 bits per heavy atom. The third kappa shape index (κ3) is 186. The van der Waals surface area contributed by atoms with Crippen LogP contribution in [0.2, 0.25) is 0 Å². The summed E-state index contributed by atoms with van der Waals surface area (Å²) in [4.78, 5) is 0. The summed E-state index contributed by atoms with van der Waals surface area (Å²) >= 11 is 0. The molecular weight excluding hydrogens is 238 g/mol. The third-order valence-electron chi connectivity index (χ3n) is 0. The molecule has 0 aliphatic rings. The summed E-state index contributed by atoms with van der Waals surface area (Å²) in [7, 11) is 0. The van der Waals surface area contributed by atoms with Gasteiger partial charge in [-0.15, -0.1) is 0 Å². The van der Waals surface area contributed by atoms with Crippen LogP contribution in [0.15, 0.2) is 0 Å². The Kier molecular flexibility index (Phi) is 14800. The summed E-state index contributed by atoms with van der Waals surface area (Å²) in [5, 5.41) is 0. The molecular formula is H3O6VZr. The standard InChI is InChI=1S/3H2O.3O.V.Zr/h3*1H2;;;;;/q;;;3*-2;+5;+4/p-3. The second-order valence-electron chi connectivity index (χ2n) is 0. The minimum absolute atomic E-state index is 0. The second kappa shape index (κ2) is 285. The Balaban J connectivity index is 0. The van der Waals surface area contributed by atoms with Gasteiger partial charge in [0.05, 0.1) is 0 Å². The molecule has 0 heterocycles. The summed E-state index contributed by atoms with van der Waals surface area (Å²) in [5.74, 6) is 0. The van der Waals surface area contributed by atoms with Gasteiger partial charge < -0.3 is 32.9 Å². The second-order valence-corrected chi connectivity index (χ2v) is 0. The van der Waals surface area contributed by atoms with Crippen LogP contribution in [0.3, 0.4) is 0 Å². The molecule has 0 aliphatic carbocycles. The molecule has 0 unspecified atom stereocenters. The molecule has 0 saturated carbocycles. The van der Waals surface area contributed by atoms with E-state index in [1.54, 1.807) is 0 Å². The Morgan fingerprint density at radius 1 is 0.500 bits per heavy atom. The molecule has 8 heavy (non-hydrogen) atoms. The van der Waals surface area contributed by atoms with Gasteiger partial charge in [0, 0.05) is 0 Å². The summed E-state index contributed by atoms with van der Waals surface area (Å²) in [6, 6.07) is 0. The van der Waals surface area contributed by atoms with Crippen molar-refractivity contribution >= 4 is 0 Å². The molecule has 0 spiro atoms. The first kappa shape index (κ1) is 415. The van der Waals surface area contributed by atoms with Crippen molar-refractivity contribution in [2.24, 2.45) is 0 Å². The minimum Gasteiger partial charge on any atom is -2.00 e. The van der Waals surface area contributed by atoms with Crippen molar-refractivity contribution in [3.63, 3.8) is 0 Å². The quantitative estimate of drug-likeness (QED) is 0.535. The van der Waals surface area contributed by atoms with E-state index in [1.807, 2.05) is 0 Å². The molecule has 0 atom stereocenters. The molecule has 48 valence electrons. The Hall–Kier alpha value is 1.23. The molecule has 8 heteroatoms. The molecule has 0 aliphatic heterocycles. The normalized spacial score (nSPS) is 0. The fraction of sp³-hybridized carbons (Fsp3) is 0. The molecule has 0 bridgehead atoms. The van der Waals surface area contributed by atoms with E-state index >= 15 is 0 Å². The molecule has 0 amide bonds. The van der Waals surface area contributed by atoms with Gasteiger partial charge in [-0.05, 0) is 0 Å². The van der Waals surface area contributed by atoms with E-state index in [-0.39, 0.29) is 77.6 Å². The van der Waals surface area contributed by atoms with Gasteiger partial charge in [0.1, 0.15) is 0 Å². The molecule has 0 aromatic heterocycles. The number of rotatable bonds is 0. The van der Waals surface area contributed by atoms with Gasteiger partial charge in [0.15, 0.2) is 0 Å². The van der Waals surface area contributed by atoms with Gasteiger partial charge in [0.2, 0.25) is 0 Å². The topological polar surface area (TPSA) is 176 Å². The predicted molar refractivity (Wildman–Crippen MR) is 7.87 cm³/mol. The Bertz CT molecular complexity index is 8.49. The zero-order valence-electron chi connectivity index (χ0n) is 3.51. The van der Waals surface area contributed by atoms with Crippen LogP contribution in [0.1, 0.15) is 0 Å². The van der Waals surface area contributed by atoms with E-state index in [9.17, 15) is 0 Å². The first-order valence-electron chi connectivity index (χ1n) is 0. The van der Waals surface area contributed by atoms with Crippen molar-refractivity contribution < 1.29 is 77.6 Å². The van der Waals surface area contributed by atoms with E-state index in [0.29, 0.717) is 0 Å². The summed E-state index contributed by atoms with van der Waals surface area (Å²) in [5.41, 5.74) is 0. The van der Waals surface area contributed by atoms with Crippen molar-refractivity contribution in [2.45, 2.75) is 0 Å². The van der Waals surface area contributed by atoms with E-state index in [4.69, 9.17) is 0 Å². The van der Waals surface area contributed by atoms with Gasteiger partial charge in [-0.3, -0.25) is 0 Å². The monoisotopic (exact) mass is 240 g/mol. The maximum absolute atomic E-state index is 0. The molecule has 6 nitrogen and oxygen atoms in total. The molecule has 0 aromatic carbocycles. The van der Waals surface area contributed by atoms with Gasteiger partial charge in [-0.2, -0.15) is 0 Å². The molecule has 0 aromatic rings. The SMILES string of the molecule is [O-2].[O-2].[O-2].[OH-].[OH-].[OH-].[V+5].[Zr+4]. The van der Waals surface area contributed by atoms with Crippen LogP contribution >= 0.6 is 0 Å². The van der Waals surface area contributed by atoms with Crippen molar-refractivity contribution in [2.75, 3.05) is 0 Å². The van der Waals surface area contributed by atoms with Crippen molar-refractivity contribution in [3.05, 3.63) is 0 Å². The summed E-state index contributed by atoms with van der Waals surface area (Å²) in [6.45, 7) is 0. The number of hydrogen-bond donors (Lipinski definition) is 0. The average molecular weight is 241 g/mol. The maximum Gasteiger partial charge on any atom is 5.00 e. The van der Waals surface area contributed by atoms with Gasteiger partial charge in [-0.25, -0.2) is 0 Å². The van der Waals surface area contributed by atoms with Crippen molar-refractivity contribution in [1.29, 1.82) is 0 Å². The first-order chi connectivity index (χ1) is 0. The predicted octanol–water partition coefficient (Wildman–Crippen LogP) is -0.892. The smallest absolute Gasteiger partial charge is 2.00 e.